The van der Waals surface area contributed by atoms with Crippen LogP contribution in [0.1, 0.15) is 11.1 Å². The maximum atomic E-state index is 12.4. The predicted octanol–water partition coefficient (Wildman–Crippen LogP) is 4.07. The van der Waals surface area contributed by atoms with Crippen LogP contribution in [0.3, 0.4) is 0 Å². The molecule has 136 valence electrons. The molecule has 0 unspecified atom stereocenters. The molecule has 3 aromatic rings. The second kappa shape index (κ2) is 7.25. The normalized spacial score (nSPS) is 13.6. The molecule has 1 aliphatic heterocycles. The largest absolute Gasteiger partial charge is 0.454 e. The molecule has 6 heteroatoms. The Hall–Kier alpha value is -3.12. The van der Waals surface area contributed by atoms with Crippen LogP contribution in [0, 0.1) is 6.92 Å². The van der Waals surface area contributed by atoms with Crippen molar-refractivity contribution in [3.05, 3.63) is 71.1 Å². The van der Waals surface area contributed by atoms with E-state index in [1.54, 1.807) is 12.2 Å². The van der Waals surface area contributed by atoms with Crippen molar-refractivity contribution in [1.29, 1.82) is 0 Å². The summed E-state index contributed by atoms with van der Waals surface area (Å²) in [5.41, 5.74) is 3.08. The molecule has 0 aliphatic carbocycles. The van der Waals surface area contributed by atoms with Crippen LogP contribution in [0.5, 0.6) is 11.5 Å². The maximum absolute atomic E-state index is 12.4. The molecule has 1 aliphatic rings. The fourth-order valence-electron chi connectivity index (χ4n) is 2.89. The number of aryl methyl sites for hydroxylation is 1. The van der Waals surface area contributed by atoms with Gasteiger partial charge in [-0.2, -0.15) is 4.99 Å². The first-order chi connectivity index (χ1) is 13.1. The summed E-state index contributed by atoms with van der Waals surface area (Å²) < 4.78 is 13.7. The molecule has 0 fully saturated rings. The Morgan fingerprint density at radius 3 is 2.96 bits per heavy atom. The fraction of sp³-hybridized carbons (Fsp3) is 0.143. The number of benzene rings is 2. The quantitative estimate of drug-likeness (QED) is 0.508. The van der Waals surface area contributed by atoms with E-state index in [0.29, 0.717) is 22.8 Å². The minimum absolute atomic E-state index is 0.228. The van der Waals surface area contributed by atoms with Crippen molar-refractivity contribution in [2.45, 2.75) is 13.5 Å². The maximum Gasteiger partial charge on any atom is 0.272 e. The molecule has 0 saturated carbocycles. The molecular formula is C21H18N2O3S. The number of hydrogen-bond donors (Lipinski definition) is 0. The van der Waals surface area contributed by atoms with E-state index in [-0.39, 0.29) is 12.7 Å². The third-order valence-corrected chi connectivity index (χ3v) is 5.21. The van der Waals surface area contributed by atoms with E-state index in [0.717, 1.165) is 15.8 Å². The third-order valence-electron chi connectivity index (χ3n) is 4.17. The van der Waals surface area contributed by atoms with Gasteiger partial charge in [0.15, 0.2) is 16.3 Å². The summed E-state index contributed by atoms with van der Waals surface area (Å²) in [4.78, 5) is 17.3. The van der Waals surface area contributed by atoms with E-state index < -0.39 is 0 Å². The highest BCUT2D eigenvalue weighted by Gasteiger charge is 2.12. The summed E-state index contributed by atoms with van der Waals surface area (Å²) in [5.74, 6) is 1.09. The van der Waals surface area contributed by atoms with Crippen LogP contribution < -0.4 is 14.3 Å². The summed E-state index contributed by atoms with van der Waals surface area (Å²) in [6.07, 6.45) is 4.99. The van der Waals surface area contributed by atoms with Crippen molar-refractivity contribution >= 4 is 33.5 Å². The zero-order chi connectivity index (χ0) is 18.8. The molecule has 27 heavy (non-hydrogen) atoms. The number of thiazole rings is 1. The zero-order valence-electron chi connectivity index (χ0n) is 14.8. The van der Waals surface area contributed by atoms with E-state index in [2.05, 4.69) is 29.8 Å². The minimum atomic E-state index is -0.311. The number of ether oxygens (including phenoxy) is 2. The van der Waals surface area contributed by atoms with E-state index in [1.807, 2.05) is 29.7 Å². The summed E-state index contributed by atoms with van der Waals surface area (Å²) in [6, 6.07) is 11.8. The second-order valence-electron chi connectivity index (χ2n) is 6.15. The summed E-state index contributed by atoms with van der Waals surface area (Å²) >= 11 is 1.50. The van der Waals surface area contributed by atoms with Gasteiger partial charge in [-0.15, -0.1) is 6.58 Å². The molecule has 0 N–H and O–H groups in total. The molecule has 0 atom stereocenters. The number of hydrogen-bond acceptors (Lipinski definition) is 4. The van der Waals surface area contributed by atoms with Crippen molar-refractivity contribution in [2.24, 2.45) is 4.99 Å². The molecule has 5 nitrogen and oxygen atoms in total. The average molecular weight is 378 g/mol. The van der Waals surface area contributed by atoms with E-state index >= 15 is 0 Å². The number of allylic oxidation sites excluding steroid dienone is 1. The SMILES string of the molecule is C=CCn1c(=NC(=O)C=Cc2ccc3c(c2)OCO3)sc2cc(C)ccc21. The fourth-order valence-corrected chi connectivity index (χ4v) is 4.03. The Morgan fingerprint density at radius 2 is 2.11 bits per heavy atom. The van der Waals surface area contributed by atoms with Crippen LogP contribution >= 0.6 is 11.3 Å². The standard InChI is InChI=1S/C21H18N2O3S/c1-3-10-23-16-7-4-14(2)11-19(16)27-21(23)22-20(24)9-6-15-5-8-17-18(12-15)26-13-25-17/h3-9,11-12H,1,10,13H2,2H3. The lowest BCUT2D eigenvalue weighted by Crippen LogP contribution is -2.15. The Morgan fingerprint density at radius 1 is 1.26 bits per heavy atom. The lowest BCUT2D eigenvalue weighted by Gasteiger charge is -2.00. The second-order valence-corrected chi connectivity index (χ2v) is 7.16. The first-order valence-corrected chi connectivity index (χ1v) is 9.33. The van der Waals surface area contributed by atoms with E-state index in [1.165, 1.54) is 23.0 Å². The number of carbonyl (C=O) groups excluding carboxylic acids is 1. The summed E-state index contributed by atoms with van der Waals surface area (Å²) in [6.45, 7) is 6.68. The third kappa shape index (κ3) is 3.57. The van der Waals surface area contributed by atoms with Gasteiger partial charge in [-0.3, -0.25) is 4.79 Å². The number of fused-ring (bicyclic) bond motifs is 2. The number of nitrogens with zero attached hydrogens (tertiary/aromatic N) is 2. The Balaban J connectivity index is 1.65. The van der Waals surface area contributed by atoms with Crippen LogP contribution in [0.15, 0.2) is 60.1 Å². The van der Waals surface area contributed by atoms with Gasteiger partial charge < -0.3 is 14.0 Å². The molecule has 1 aromatic heterocycles. The van der Waals surface area contributed by atoms with Crippen LogP contribution in [0.2, 0.25) is 0 Å². The van der Waals surface area contributed by atoms with Gasteiger partial charge >= 0.3 is 0 Å². The number of aromatic nitrogens is 1. The van der Waals surface area contributed by atoms with Gasteiger partial charge in [0.05, 0.1) is 10.2 Å². The van der Waals surface area contributed by atoms with Gasteiger partial charge in [-0.25, -0.2) is 0 Å². The number of amides is 1. The van der Waals surface area contributed by atoms with Gasteiger partial charge in [-0.05, 0) is 48.4 Å². The average Bonchev–Trinajstić information content (AvgIpc) is 3.24. The van der Waals surface area contributed by atoms with Crippen molar-refractivity contribution in [3.63, 3.8) is 0 Å². The minimum Gasteiger partial charge on any atom is -0.454 e. The highest BCUT2D eigenvalue weighted by Crippen LogP contribution is 2.32. The van der Waals surface area contributed by atoms with Crippen LogP contribution in [0.4, 0.5) is 0 Å². The number of rotatable bonds is 4. The monoisotopic (exact) mass is 378 g/mol. The van der Waals surface area contributed by atoms with Crippen LogP contribution in [-0.2, 0) is 11.3 Å². The highest BCUT2D eigenvalue weighted by atomic mass is 32.1. The first-order valence-electron chi connectivity index (χ1n) is 8.51. The van der Waals surface area contributed by atoms with Gasteiger partial charge in [-0.1, -0.05) is 29.5 Å². The van der Waals surface area contributed by atoms with Crippen molar-refractivity contribution in [3.8, 4) is 11.5 Å². The molecule has 0 saturated heterocycles. The molecule has 4 rings (SSSR count). The molecule has 0 bridgehead atoms. The Kier molecular flexibility index (Phi) is 4.64. The smallest absolute Gasteiger partial charge is 0.272 e. The van der Waals surface area contributed by atoms with E-state index in [4.69, 9.17) is 9.47 Å². The molecule has 0 radical (unpaired) electrons. The van der Waals surface area contributed by atoms with Gasteiger partial charge in [0.2, 0.25) is 6.79 Å². The number of carbonyl (C=O) groups is 1. The van der Waals surface area contributed by atoms with Gasteiger partial charge in [0.1, 0.15) is 0 Å². The molecule has 2 aromatic carbocycles. The van der Waals surface area contributed by atoms with Gasteiger partial charge in [0, 0.05) is 12.6 Å². The van der Waals surface area contributed by atoms with Crippen LogP contribution in [0.25, 0.3) is 16.3 Å². The predicted molar refractivity (Wildman–Crippen MR) is 107 cm³/mol. The molecular weight excluding hydrogens is 360 g/mol. The van der Waals surface area contributed by atoms with Crippen molar-refractivity contribution < 1.29 is 14.3 Å². The Bertz CT molecular complexity index is 1140. The lowest BCUT2D eigenvalue weighted by molar-refractivity contribution is -0.113. The van der Waals surface area contributed by atoms with Crippen molar-refractivity contribution in [1.82, 2.24) is 4.57 Å². The summed E-state index contributed by atoms with van der Waals surface area (Å²) in [7, 11) is 0. The topological polar surface area (TPSA) is 52.8 Å². The molecule has 0 spiro atoms. The van der Waals surface area contributed by atoms with E-state index in [9.17, 15) is 4.79 Å². The molecule has 2 heterocycles. The van der Waals surface area contributed by atoms with Gasteiger partial charge in [0.25, 0.3) is 5.91 Å². The van der Waals surface area contributed by atoms with Crippen LogP contribution in [-0.4, -0.2) is 17.3 Å². The zero-order valence-corrected chi connectivity index (χ0v) is 15.7. The highest BCUT2D eigenvalue weighted by molar-refractivity contribution is 7.16. The molecule has 1 amide bonds. The summed E-state index contributed by atoms with van der Waals surface area (Å²) in [5, 5.41) is 0. The first kappa shape index (κ1) is 17.3. The van der Waals surface area contributed by atoms with Crippen molar-refractivity contribution in [2.75, 3.05) is 6.79 Å². The lowest BCUT2D eigenvalue weighted by atomic mass is 10.2. The Labute approximate surface area is 160 Å².